The Morgan fingerprint density at radius 2 is 1.87 bits per heavy atom. The molecule has 0 aliphatic rings. The highest BCUT2D eigenvalue weighted by Gasteiger charge is 2.19. The molecule has 30 heavy (non-hydrogen) atoms. The standard InChI is InChI=1S/C24H21FN2O2S/c1-4-21-26-23-22(18(13-30-23)16-7-5-14(2)6-8-16)24(29)27(21)12-20(28)17-9-10-19(25)15(3)11-17/h5-11,13H,4,12H2,1-3H3. The van der Waals surface area contributed by atoms with E-state index in [1.165, 1.54) is 34.1 Å². The van der Waals surface area contributed by atoms with Crippen molar-refractivity contribution in [2.24, 2.45) is 0 Å². The molecule has 0 atom stereocenters. The molecule has 4 nitrogen and oxygen atoms in total. The third-order valence-electron chi connectivity index (χ3n) is 5.23. The van der Waals surface area contributed by atoms with Crippen LogP contribution in [0.4, 0.5) is 4.39 Å². The normalized spacial score (nSPS) is 11.2. The second-order valence-corrected chi connectivity index (χ2v) is 8.21. The van der Waals surface area contributed by atoms with Crippen molar-refractivity contribution in [1.82, 2.24) is 9.55 Å². The molecule has 0 bridgehead atoms. The summed E-state index contributed by atoms with van der Waals surface area (Å²) in [6.07, 6.45) is 0.526. The molecule has 0 amide bonds. The van der Waals surface area contributed by atoms with Gasteiger partial charge in [-0.2, -0.15) is 0 Å². The van der Waals surface area contributed by atoms with Gasteiger partial charge in [0.15, 0.2) is 5.78 Å². The number of Topliss-reactive ketones (excluding diaryl/α,β-unsaturated/α-hetero) is 1. The summed E-state index contributed by atoms with van der Waals surface area (Å²) in [4.78, 5) is 31.6. The van der Waals surface area contributed by atoms with Crippen LogP contribution in [0, 0.1) is 19.7 Å². The largest absolute Gasteiger partial charge is 0.292 e. The number of rotatable bonds is 5. The van der Waals surface area contributed by atoms with E-state index >= 15 is 0 Å². The number of fused-ring (bicyclic) bond motifs is 1. The molecule has 2 aromatic heterocycles. The summed E-state index contributed by atoms with van der Waals surface area (Å²) < 4.78 is 15.0. The zero-order valence-electron chi connectivity index (χ0n) is 17.0. The van der Waals surface area contributed by atoms with Crippen LogP contribution < -0.4 is 5.56 Å². The van der Waals surface area contributed by atoms with E-state index in [9.17, 15) is 14.0 Å². The number of aryl methyl sites for hydroxylation is 3. The second-order valence-electron chi connectivity index (χ2n) is 7.36. The van der Waals surface area contributed by atoms with Crippen LogP contribution in [0.25, 0.3) is 21.3 Å². The maximum atomic E-state index is 13.6. The number of benzene rings is 2. The van der Waals surface area contributed by atoms with Gasteiger partial charge in [-0.3, -0.25) is 14.2 Å². The van der Waals surface area contributed by atoms with Crippen molar-refractivity contribution in [2.45, 2.75) is 33.7 Å². The van der Waals surface area contributed by atoms with E-state index < -0.39 is 0 Å². The Morgan fingerprint density at radius 1 is 1.13 bits per heavy atom. The topological polar surface area (TPSA) is 52.0 Å². The van der Waals surface area contributed by atoms with Crippen molar-refractivity contribution in [3.05, 3.63) is 86.5 Å². The Balaban J connectivity index is 1.82. The molecule has 0 spiro atoms. The maximum absolute atomic E-state index is 13.6. The molecule has 6 heteroatoms. The van der Waals surface area contributed by atoms with Gasteiger partial charge in [0.2, 0.25) is 0 Å². The quantitative estimate of drug-likeness (QED) is 0.410. The molecule has 0 N–H and O–H groups in total. The van der Waals surface area contributed by atoms with E-state index in [1.807, 2.05) is 43.5 Å². The third-order valence-corrected chi connectivity index (χ3v) is 6.11. The van der Waals surface area contributed by atoms with Gasteiger partial charge in [0.05, 0.1) is 11.9 Å². The van der Waals surface area contributed by atoms with E-state index in [4.69, 9.17) is 0 Å². The number of thiophene rings is 1. The van der Waals surface area contributed by atoms with E-state index in [0.29, 0.717) is 33.6 Å². The molecule has 0 aliphatic heterocycles. The van der Waals surface area contributed by atoms with Gasteiger partial charge in [-0.05, 0) is 43.2 Å². The third kappa shape index (κ3) is 3.59. The average Bonchev–Trinajstić information content (AvgIpc) is 3.16. The first kappa shape index (κ1) is 20.2. The van der Waals surface area contributed by atoms with Gasteiger partial charge in [0, 0.05) is 22.9 Å². The molecule has 0 radical (unpaired) electrons. The molecule has 0 aliphatic carbocycles. The van der Waals surface area contributed by atoms with Crippen LogP contribution in [-0.2, 0) is 13.0 Å². The molecule has 4 aromatic rings. The Hall–Kier alpha value is -3.12. The highest BCUT2D eigenvalue weighted by atomic mass is 32.1. The summed E-state index contributed by atoms with van der Waals surface area (Å²) in [7, 11) is 0. The molecule has 0 unspecified atom stereocenters. The summed E-state index contributed by atoms with van der Waals surface area (Å²) in [6.45, 7) is 5.41. The predicted molar refractivity (Wildman–Crippen MR) is 119 cm³/mol. The fourth-order valence-electron chi connectivity index (χ4n) is 3.50. The number of hydrogen-bond donors (Lipinski definition) is 0. The Kier molecular flexibility index (Phi) is 5.35. The van der Waals surface area contributed by atoms with Crippen molar-refractivity contribution in [2.75, 3.05) is 0 Å². The lowest BCUT2D eigenvalue weighted by molar-refractivity contribution is 0.0969. The van der Waals surface area contributed by atoms with E-state index in [-0.39, 0.29) is 23.7 Å². The molecule has 4 rings (SSSR count). The molecule has 0 saturated heterocycles. The molecular weight excluding hydrogens is 399 g/mol. The van der Waals surface area contributed by atoms with Crippen molar-refractivity contribution >= 4 is 27.3 Å². The van der Waals surface area contributed by atoms with Crippen LogP contribution in [0.1, 0.15) is 34.2 Å². The summed E-state index contributed by atoms with van der Waals surface area (Å²) >= 11 is 1.43. The highest BCUT2D eigenvalue weighted by Crippen LogP contribution is 2.31. The number of nitrogens with zero attached hydrogens (tertiary/aromatic N) is 2. The van der Waals surface area contributed by atoms with Gasteiger partial charge >= 0.3 is 0 Å². The SMILES string of the molecule is CCc1nc2scc(-c3ccc(C)cc3)c2c(=O)n1CC(=O)c1ccc(F)c(C)c1. The van der Waals surface area contributed by atoms with Gasteiger partial charge in [-0.1, -0.05) is 36.8 Å². The van der Waals surface area contributed by atoms with Crippen LogP contribution in [-0.4, -0.2) is 15.3 Å². The minimum atomic E-state index is -0.359. The monoisotopic (exact) mass is 420 g/mol. The molecule has 0 saturated carbocycles. The molecule has 2 heterocycles. The fraction of sp³-hybridized carbons (Fsp3) is 0.208. The first-order chi connectivity index (χ1) is 14.4. The number of halogens is 1. The first-order valence-electron chi connectivity index (χ1n) is 9.76. The number of carbonyl (C=O) groups is 1. The lowest BCUT2D eigenvalue weighted by Gasteiger charge is -2.12. The van der Waals surface area contributed by atoms with Crippen molar-refractivity contribution < 1.29 is 9.18 Å². The Labute approximate surface area is 177 Å². The predicted octanol–water partition coefficient (Wildman–Crippen LogP) is 5.33. The van der Waals surface area contributed by atoms with Gasteiger partial charge in [-0.15, -0.1) is 11.3 Å². The lowest BCUT2D eigenvalue weighted by Crippen LogP contribution is -2.28. The van der Waals surface area contributed by atoms with Gasteiger partial charge < -0.3 is 0 Å². The minimum absolute atomic E-state index is 0.126. The summed E-state index contributed by atoms with van der Waals surface area (Å²) in [5.41, 5.74) is 3.48. The molecular formula is C24H21FN2O2S. The van der Waals surface area contributed by atoms with Crippen molar-refractivity contribution in [3.8, 4) is 11.1 Å². The van der Waals surface area contributed by atoms with E-state index in [0.717, 1.165) is 16.7 Å². The molecule has 0 fully saturated rings. The van der Waals surface area contributed by atoms with Crippen LogP contribution in [0.2, 0.25) is 0 Å². The number of aromatic nitrogens is 2. The summed E-state index contributed by atoms with van der Waals surface area (Å²) in [6, 6.07) is 12.2. The zero-order valence-corrected chi connectivity index (χ0v) is 17.8. The van der Waals surface area contributed by atoms with Crippen LogP contribution in [0.3, 0.4) is 0 Å². The van der Waals surface area contributed by atoms with Crippen LogP contribution in [0.5, 0.6) is 0 Å². The van der Waals surface area contributed by atoms with Gasteiger partial charge in [0.1, 0.15) is 16.5 Å². The maximum Gasteiger partial charge on any atom is 0.263 e. The summed E-state index contributed by atoms with van der Waals surface area (Å²) in [5, 5.41) is 2.47. The van der Waals surface area contributed by atoms with Crippen molar-refractivity contribution in [3.63, 3.8) is 0 Å². The number of carbonyl (C=O) groups excluding carboxylic acids is 1. The smallest absolute Gasteiger partial charge is 0.263 e. The van der Waals surface area contributed by atoms with Crippen LogP contribution >= 0.6 is 11.3 Å². The zero-order chi connectivity index (χ0) is 21.4. The lowest BCUT2D eigenvalue weighted by atomic mass is 10.0. The summed E-state index contributed by atoms with van der Waals surface area (Å²) in [5.74, 6) is -0.0396. The Morgan fingerprint density at radius 3 is 2.53 bits per heavy atom. The van der Waals surface area contributed by atoms with Gasteiger partial charge in [-0.25, -0.2) is 9.37 Å². The fourth-order valence-corrected chi connectivity index (χ4v) is 4.45. The average molecular weight is 421 g/mol. The van der Waals surface area contributed by atoms with E-state index in [1.54, 1.807) is 6.92 Å². The molecule has 152 valence electrons. The number of hydrogen-bond acceptors (Lipinski definition) is 4. The minimum Gasteiger partial charge on any atom is -0.292 e. The van der Waals surface area contributed by atoms with Gasteiger partial charge in [0.25, 0.3) is 5.56 Å². The second kappa shape index (κ2) is 7.95. The van der Waals surface area contributed by atoms with Crippen LogP contribution in [0.15, 0.2) is 52.6 Å². The van der Waals surface area contributed by atoms with Crippen molar-refractivity contribution in [1.29, 1.82) is 0 Å². The highest BCUT2D eigenvalue weighted by molar-refractivity contribution is 7.17. The Bertz CT molecular complexity index is 1320. The van der Waals surface area contributed by atoms with E-state index in [2.05, 4.69) is 4.98 Å². The number of ketones is 1. The first-order valence-corrected chi connectivity index (χ1v) is 10.6. The molecule has 2 aromatic carbocycles.